The van der Waals surface area contributed by atoms with Crippen LogP contribution < -0.4 is 0 Å². The average molecular weight is 449 g/mol. The van der Waals surface area contributed by atoms with Crippen LogP contribution in [0.5, 0.6) is 0 Å². The largest absolute Gasteiger partial charge is 0.481 e. The van der Waals surface area contributed by atoms with Crippen LogP contribution in [0.3, 0.4) is 0 Å². The first-order valence-corrected chi connectivity index (χ1v) is 12.6. The Labute approximate surface area is 194 Å². The molecule has 0 aliphatic carbocycles. The van der Waals surface area contributed by atoms with Crippen LogP contribution in [0.1, 0.15) is 116 Å². The number of unbranched alkanes of at least 4 members (excludes halogenated alkanes) is 10. The monoisotopic (exact) mass is 448 g/mol. The number of esters is 1. The van der Waals surface area contributed by atoms with Crippen molar-refractivity contribution in [3.63, 3.8) is 0 Å². The van der Waals surface area contributed by atoms with Gasteiger partial charge >= 0.3 is 11.9 Å². The van der Waals surface area contributed by atoms with Crippen LogP contribution in [-0.2, 0) is 25.7 Å². The topological polar surface area (TPSA) is 72.8 Å². The molecule has 5 nitrogen and oxygen atoms in total. The fraction of sp³-hybridized carbons (Fsp3) is 0.704. The number of carbonyl (C=O) groups is 2. The molecule has 0 fully saturated rings. The molecule has 32 heavy (non-hydrogen) atoms. The molecule has 1 aromatic carbocycles. The zero-order chi connectivity index (χ0) is 23.5. The second-order valence-electron chi connectivity index (χ2n) is 8.81. The fourth-order valence-electron chi connectivity index (χ4n) is 4.00. The summed E-state index contributed by atoms with van der Waals surface area (Å²) in [4.78, 5) is 22.5. The highest BCUT2D eigenvalue weighted by Crippen LogP contribution is 2.30. The third-order valence-electron chi connectivity index (χ3n) is 5.78. The van der Waals surface area contributed by atoms with E-state index in [1.54, 1.807) is 0 Å². The second kappa shape index (κ2) is 17.6. The summed E-state index contributed by atoms with van der Waals surface area (Å²) in [6.07, 6.45) is 14.6. The van der Waals surface area contributed by atoms with Gasteiger partial charge in [0.25, 0.3) is 0 Å². The summed E-state index contributed by atoms with van der Waals surface area (Å²) < 4.78 is 12.1. The first-order valence-electron chi connectivity index (χ1n) is 12.6. The summed E-state index contributed by atoms with van der Waals surface area (Å²) >= 11 is 0. The lowest BCUT2D eigenvalue weighted by molar-refractivity contribution is -0.243. The van der Waals surface area contributed by atoms with Crippen LogP contribution in [0.15, 0.2) is 30.3 Å². The highest BCUT2D eigenvalue weighted by Gasteiger charge is 2.33. The van der Waals surface area contributed by atoms with E-state index >= 15 is 0 Å². The number of carboxylic acid groups (broad SMARTS) is 1. The van der Waals surface area contributed by atoms with Crippen molar-refractivity contribution in [3.8, 4) is 0 Å². The van der Waals surface area contributed by atoms with Gasteiger partial charge in [-0.1, -0.05) is 95.0 Å². The number of rotatable bonds is 20. The Morgan fingerprint density at radius 1 is 0.812 bits per heavy atom. The van der Waals surface area contributed by atoms with Gasteiger partial charge in [-0.3, -0.25) is 9.59 Å². The standard InChI is InChI=1S/C27H44O5/c1-3-4-5-16-21-27(32-24(2)28,31-23-25-18-13-12-14-19-25)22-17-11-9-7-6-8-10-15-20-26(29)30/h12-14,18-19H,3-11,15-17,20-23H2,1-2H3,(H,29,30). The van der Waals surface area contributed by atoms with Crippen molar-refractivity contribution in [1.82, 2.24) is 0 Å². The molecule has 5 heteroatoms. The van der Waals surface area contributed by atoms with E-state index in [0.717, 1.165) is 82.6 Å². The Hall–Kier alpha value is -1.88. The molecule has 0 bridgehead atoms. The number of carbonyl (C=O) groups excluding carboxylic acids is 1. The van der Waals surface area contributed by atoms with E-state index in [1.165, 1.54) is 19.8 Å². The Morgan fingerprint density at radius 3 is 1.88 bits per heavy atom. The lowest BCUT2D eigenvalue weighted by Gasteiger charge is -2.33. The zero-order valence-electron chi connectivity index (χ0n) is 20.3. The van der Waals surface area contributed by atoms with Gasteiger partial charge in [0.05, 0.1) is 6.61 Å². The van der Waals surface area contributed by atoms with Crippen molar-refractivity contribution in [3.05, 3.63) is 35.9 Å². The molecule has 0 aliphatic heterocycles. The highest BCUT2D eigenvalue weighted by molar-refractivity contribution is 5.66. The van der Waals surface area contributed by atoms with Crippen molar-refractivity contribution in [2.75, 3.05) is 0 Å². The van der Waals surface area contributed by atoms with E-state index in [9.17, 15) is 9.59 Å². The molecule has 0 saturated carbocycles. The van der Waals surface area contributed by atoms with Gasteiger partial charge in [-0.25, -0.2) is 0 Å². The summed E-state index contributed by atoms with van der Waals surface area (Å²) in [7, 11) is 0. The zero-order valence-corrected chi connectivity index (χ0v) is 20.3. The third kappa shape index (κ3) is 14.2. The number of carboxylic acids is 1. The van der Waals surface area contributed by atoms with Gasteiger partial charge in [-0.2, -0.15) is 0 Å². The van der Waals surface area contributed by atoms with E-state index < -0.39 is 11.8 Å². The molecular formula is C27H44O5. The molecular weight excluding hydrogens is 404 g/mol. The fourth-order valence-corrected chi connectivity index (χ4v) is 4.00. The van der Waals surface area contributed by atoms with Crippen LogP contribution in [0.25, 0.3) is 0 Å². The number of ether oxygens (including phenoxy) is 2. The van der Waals surface area contributed by atoms with Gasteiger partial charge in [0.2, 0.25) is 5.79 Å². The van der Waals surface area contributed by atoms with Gasteiger partial charge in [-0.05, 0) is 24.8 Å². The van der Waals surface area contributed by atoms with Crippen LogP contribution >= 0.6 is 0 Å². The molecule has 0 saturated heterocycles. The van der Waals surface area contributed by atoms with E-state index in [-0.39, 0.29) is 12.4 Å². The maximum Gasteiger partial charge on any atom is 0.305 e. The Bertz CT molecular complexity index is 616. The molecule has 0 aromatic heterocycles. The number of hydrogen-bond donors (Lipinski definition) is 1. The molecule has 0 amide bonds. The van der Waals surface area contributed by atoms with Crippen LogP contribution in [0.2, 0.25) is 0 Å². The summed E-state index contributed by atoms with van der Waals surface area (Å²) in [5.74, 6) is -1.83. The SMILES string of the molecule is CCCCCCC(CCCCCCCCCCC(=O)O)(OCc1ccccc1)OC(C)=O. The van der Waals surface area contributed by atoms with Crippen LogP contribution in [-0.4, -0.2) is 22.8 Å². The number of aliphatic carboxylic acids is 1. The first kappa shape index (κ1) is 28.2. The molecule has 0 radical (unpaired) electrons. The third-order valence-corrected chi connectivity index (χ3v) is 5.78. The molecule has 0 spiro atoms. The second-order valence-corrected chi connectivity index (χ2v) is 8.81. The summed E-state index contributed by atoms with van der Waals surface area (Å²) in [6.45, 7) is 4.10. The predicted molar refractivity (Wildman–Crippen MR) is 128 cm³/mol. The van der Waals surface area contributed by atoms with E-state index in [2.05, 4.69) is 6.92 Å². The van der Waals surface area contributed by atoms with E-state index in [4.69, 9.17) is 14.6 Å². The average Bonchev–Trinajstić information content (AvgIpc) is 2.76. The minimum atomic E-state index is -0.841. The molecule has 0 aliphatic rings. The minimum absolute atomic E-state index is 0.277. The Morgan fingerprint density at radius 2 is 1.34 bits per heavy atom. The van der Waals surface area contributed by atoms with Crippen LogP contribution in [0.4, 0.5) is 0 Å². The smallest absolute Gasteiger partial charge is 0.305 e. The lowest BCUT2D eigenvalue weighted by Crippen LogP contribution is -2.37. The van der Waals surface area contributed by atoms with Crippen molar-refractivity contribution < 1.29 is 24.2 Å². The normalized spacial score (nSPS) is 12.9. The molecule has 0 heterocycles. The molecule has 1 rings (SSSR count). The van der Waals surface area contributed by atoms with Gasteiger partial charge < -0.3 is 14.6 Å². The van der Waals surface area contributed by atoms with E-state index in [1.807, 2.05) is 30.3 Å². The minimum Gasteiger partial charge on any atom is -0.481 e. The van der Waals surface area contributed by atoms with E-state index in [0.29, 0.717) is 6.61 Å². The Balaban J connectivity index is 2.48. The van der Waals surface area contributed by atoms with Crippen LogP contribution in [0, 0.1) is 0 Å². The number of hydrogen-bond acceptors (Lipinski definition) is 4. The van der Waals surface area contributed by atoms with Gasteiger partial charge in [0.15, 0.2) is 0 Å². The predicted octanol–water partition coefficient (Wildman–Crippen LogP) is 7.42. The summed E-state index contributed by atoms with van der Waals surface area (Å²) in [5.41, 5.74) is 1.08. The molecule has 182 valence electrons. The first-order chi connectivity index (χ1) is 15.5. The van der Waals surface area contributed by atoms with Gasteiger partial charge in [0.1, 0.15) is 0 Å². The summed E-state index contributed by atoms with van der Waals surface area (Å²) in [5, 5.41) is 8.68. The van der Waals surface area contributed by atoms with Gasteiger partial charge in [0, 0.05) is 26.2 Å². The van der Waals surface area contributed by atoms with Crippen molar-refractivity contribution in [1.29, 1.82) is 0 Å². The summed E-state index contributed by atoms with van der Waals surface area (Å²) in [6, 6.07) is 10.0. The lowest BCUT2D eigenvalue weighted by atomic mass is 9.98. The number of benzene rings is 1. The molecule has 1 N–H and O–H groups in total. The Kier molecular flexibility index (Phi) is 15.5. The van der Waals surface area contributed by atoms with Crippen molar-refractivity contribution in [2.24, 2.45) is 0 Å². The van der Waals surface area contributed by atoms with Crippen molar-refractivity contribution in [2.45, 2.75) is 123 Å². The maximum atomic E-state index is 11.9. The molecule has 1 unspecified atom stereocenters. The maximum absolute atomic E-state index is 11.9. The molecule has 1 aromatic rings. The molecule has 1 atom stereocenters. The van der Waals surface area contributed by atoms with Gasteiger partial charge in [-0.15, -0.1) is 0 Å². The highest BCUT2D eigenvalue weighted by atomic mass is 16.7. The quantitative estimate of drug-likeness (QED) is 0.128. The van der Waals surface area contributed by atoms with Crippen molar-refractivity contribution >= 4 is 11.9 Å².